The summed E-state index contributed by atoms with van der Waals surface area (Å²) in [6, 6.07) is 5.32. The SMILES string of the molecule is CCCC(C)Nc1c(Nc2cccc(C)c2O)c(=O)c1=O.CN(C)C=O. The maximum absolute atomic E-state index is 11.7. The molecule has 7 nitrogen and oxygen atoms in total. The quantitative estimate of drug-likeness (QED) is 0.398. The van der Waals surface area contributed by atoms with Gasteiger partial charge in [-0.2, -0.15) is 0 Å². The highest BCUT2D eigenvalue weighted by molar-refractivity contribution is 5.80. The first-order valence-electron chi connectivity index (χ1n) is 8.50. The third-order valence-electron chi connectivity index (χ3n) is 3.73. The first-order chi connectivity index (χ1) is 12.2. The molecule has 2 aromatic rings. The lowest BCUT2D eigenvalue weighted by Crippen LogP contribution is -2.38. The van der Waals surface area contributed by atoms with Crippen LogP contribution in [0.2, 0.25) is 0 Å². The van der Waals surface area contributed by atoms with E-state index in [4.69, 9.17) is 0 Å². The van der Waals surface area contributed by atoms with Gasteiger partial charge >= 0.3 is 0 Å². The Labute approximate surface area is 153 Å². The number of nitrogens with one attached hydrogen (secondary N) is 2. The van der Waals surface area contributed by atoms with Gasteiger partial charge in [0.25, 0.3) is 10.9 Å². The number of carbonyl (C=O) groups is 1. The fourth-order valence-corrected chi connectivity index (χ4v) is 2.29. The number of amides is 1. The number of benzene rings is 1. The van der Waals surface area contributed by atoms with Crippen LogP contribution in [0.5, 0.6) is 5.75 Å². The maximum atomic E-state index is 11.7. The van der Waals surface area contributed by atoms with E-state index in [1.54, 1.807) is 39.2 Å². The molecule has 1 atom stereocenters. The molecule has 3 N–H and O–H groups in total. The largest absolute Gasteiger partial charge is 0.505 e. The van der Waals surface area contributed by atoms with Crippen molar-refractivity contribution < 1.29 is 9.90 Å². The number of hydrogen-bond acceptors (Lipinski definition) is 6. The summed E-state index contributed by atoms with van der Waals surface area (Å²) in [6.07, 6.45) is 2.65. The first-order valence-corrected chi connectivity index (χ1v) is 8.50. The van der Waals surface area contributed by atoms with Crippen molar-refractivity contribution in [2.75, 3.05) is 24.7 Å². The Morgan fingerprint density at radius 2 is 1.77 bits per heavy atom. The normalized spacial score (nSPS) is 11.3. The standard InChI is InChI=1S/C16H20N2O3.C3H7NO/c1-4-6-10(3)17-12-13(16(21)15(12)20)18-11-8-5-7-9(2)14(11)19;1-4(2)3-5/h5,7-8,10,17-19H,4,6H2,1-3H3;3H,1-2H3. The molecule has 0 aliphatic carbocycles. The minimum Gasteiger partial charge on any atom is -0.505 e. The Balaban J connectivity index is 0.000000597. The lowest BCUT2D eigenvalue weighted by Gasteiger charge is -2.19. The molecular weight excluding hydrogens is 334 g/mol. The number of anilines is 3. The lowest BCUT2D eigenvalue weighted by atomic mass is 10.1. The van der Waals surface area contributed by atoms with Gasteiger partial charge in [0.05, 0.1) is 5.69 Å². The number of nitrogens with zero attached hydrogens (tertiary/aromatic N) is 1. The highest BCUT2D eigenvalue weighted by Crippen LogP contribution is 2.30. The number of hydrogen-bond donors (Lipinski definition) is 3. The van der Waals surface area contributed by atoms with Crippen LogP contribution in [-0.4, -0.2) is 36.6 Å². The third kappa shape index (κ3) is 5.34. The number of aromatic hydroxyl groups is 1. The molecule has 2 aromatic carbocycles. The van der Waals surface area contributed by atoms with Gasteiger partial charge in [0.15, 0.2) is 0 Å². The van der Waals surface area contributed by atoms with Gasteiger partial charge < -0.3 is 20.6 Å². The molecule has 1 amide bonds. The molecule has 1 unspecified atom stereocenters. The van der Waals surface area contributed by atoms with Crippen molar-refractivity contribution in [3.63, 3.8) is 0 Å². The van der Waals surface area contributed by atoms with Gasteiger partial charge in [-0.05, 0) is 31.9 Å². The van der Waals surface area contributed by atoms with Crippen molar-refractivity contribution in [1.29, 1.82) is 0 Å². The number of rotatable bonds is 7. The molecule has 0 heterocycles. The molecule has 0 radical (unpaired) electrons. The minimum absolute atomic E-state index is 0.0816. The first kappa shape index (κ1) is 21.2. The fraction of sp³-hybridized carbons (Fsp3) is 0.421. The van der Waals surface area contributed by atoms with Crippen LogP contribution in [0.25, 0.3) is 0 Å². The molecule has 0 bridgehead atoms. The molecule has 0 saturated carbocycles. The number of phenols is 1. The van der Waals surface area contributed by atoms with Gasteiger partial charge in [0.2, 0.25) is 6.41 Å². The van der Waals surface area contributed by atoms with E-state index >= 15 is 0 Å². The Kier molecular flexibility index (Phi) is 7.83. The number of phenolic OH excluding ortho intramolecular Hbond substituents is 1. The van der Waals surface area contributed by atoms with Crippen LogP contribution in [0.4, 0.5) is 17.1 Å². The molecule has 0 saturated heterocycles. The molecule has 0 aliphatic heterocycles. The molecule has 0 aliphatic rings. The van der Waals surface area contributed by atoms with E-state index < -0.39 is 10.9 Å². The van der Waals surface area contributed by atoms with E-state index in [9.17, 15) is 19.5 Å². The molecular formula is C19H27N3O4. The predicted octanol–water partition coefficient (Wildman–Crippen LogP) is 2.35. The zero-order valence-electron chi connectivity index (χ0n) is 15.9. The van der Waals surface area contributed by atoms with Crippen molar-refractivity contribution in [1.82, 2.24) is 4.90 Å². The highest BCUT2D eigenvalue weighted by Gasteiger charge is 2.23. The molecule has 0 fully saturated rings. The highest BCUT2D eigenvalue weighted by atomic mass is 16.3. The van der Waals surface area contributed by atoms with Crippen molar-refractivity contribution in [3.05, 3.63) is 44.2 Å². The van der Waals surface area contributed by atoms with Gasteiger partial charge in [-0.25, -0.2) is 0 Å². The molecule has 7 heteroatoms. The van der Waals surface area contributed by atoms with Crippen LogP contribution < -0.4 is 21.5 Å². The van der Waals surface area contributed by atoms with Crippen LogP contribution in [0, 0.1) is 6.92 Å². The van der Waals surface area contributed by atoms with Crippen LogP contribution >= 0.6 is 0 Å². The van der Waals surface area contributed by atoms with Gasteiger partial charge in [-0.1, -0.05) is 25.5 Å². The third-order valence-corrected chi connectivity index (χ3v) is 3.73. The van der Waals surface area contributed by atoms with Crippen molar-refractivity contribution in [3.8, 4) is 5.75 Å². The second-order valence-corrected chi connectivity index (χ2v) is 6.41. The Hall–Kier alpha value is -2.83. The van der Waals surface area contributed by atoms with Crippen LogP contribution in [0.3, 0.4) is 0 Å². The average Bonchev–Trinajstić information content (AvgIpc) is 2.61. The molecule has 26 heavy (non-hydrogen) atoms. The van der Waals surface area contributed by atoms with E-state index in [2.05, 4.69) is 17.6 Å². The zero-order valence-corrected chi connectivity index (χ0v) is 15.9. The lowest BCUT2D eigenvalue weighted by molar-refractivity contribution is -0.115. The number of aryl methyl sites for hydroxylation is 1. The van der Waals surface area contributed by atoms with Crippen molar-refractivity contribution >= 4 is 23.5 Å². The van der Waals surface area contributed by atoms with Crippen molar-refractivity contribution in [2.45, 2.75) is 39.7 Å². The van der Waals surface area contributed by atoms with E-state index in [1.807, 2.05) is 6.92 Å². The zero-order chi connectivity index (χ0) is 19.9. The number of carbonyl (C=O) groups excluding carboxylic acids is 1. The van der Waals surface area contributed by atoms with Crippen LogP contribution in [-0.2, 0) is 4.79 Å². The topological polar surface area (TPSA) is 98.7 Å². The molecule has 0 spiro atoms. The van der Waals surface area contributed by atoms with Crippen LogP contribution in [0.15, 0.2) is 27.8 Å². The van der Waals surface area contributed by atoms with E-state index in [0.717, 1.165) is 19.3 Å². The van der Waals surface area contributed by atoms with E-state index in [-0.39, 0.29) is 17.5 Å². The Bertz CT molecular complexity index is 808. The van der Waals surface area contributed by atoms with Gasteiger partial charge in [0.1, 0.15) is 17.1 Å². The van der Waals surface area contributed by atoms with Crippen molar-refractivity contribution in [2.24, 2.45) is 0 Å². The smallest absolute Gasteiger partial charge is 0.253 e. The fourth-order valence-electron chi connectivity index (χ4n) is 2.29. The molecule has 2 rings (SSSR count). The molecule has 142 valence electrons. The summed E-state index contributed by atoms with van der Waals surface area (Å²) in [4.78, 5) is 34.3. The Morgan fingerprint density at radius 3 is 2.31 bits per heavy atom. The predicted molar refractivity (Wildman–Crippen MR) is 105 cm³/mol. The summed E-state index contributed by atoms with van der Waals surface area (Å²) >= 11 is 0. The van der Waals surface area contributed by atoms with Crippen LogP contribution in [0.1, 0.15) is 32.3 Å². The summed E-state index contributed by atoms with van der Waals surface area (Å²) in [5.41, 5.74) is 0.598. The summed E-state index contributed by atoms with van der Waals surface area (Å²) in [5, 5.41) is 15.9. The Morgan fingerprint density at radius 1 is 1.19 bits per heavy atom. The average molecular weight is 361 g/mol. The van der Waals surface area contributed by atoms with Gasteiger partial charge in [0, 0.05) is 20.1 Å². The van der Waals surface area contributed by atoms with E-state index in [0.29, 0.717) is 16.9 Å². The summed E-state index contributed by atoms with van der Waals surface area (Å²) in [7, 11) is 3.38. The maximum Gasteiger partial charge on any atom is 0.253 e. The second kappa shape index (κ2) is 9.60. The molecule has 0 aromatic heterocycles. The number of para-hydroxylation sites is 1. The van der Waals surface area contributed by atoms with Gasteiger partial charge in [-0.15, -0.1) is 0 Å². The minimum atomic E-state index is -0.554. The summed E-state index contributed by atoms with van der Waals surface area (Å²) < 4.78 is 0. The summed E-state index contributed by atoms with van der Waals surface area (Å²) in [5.74, 6) is 0.0816. The monoisotopic (exact) mass is 361 g/mol. The second-order valence-electron chi connectivity index (χ2n) is 6.41. The van der Waals surface area contributed by atoms with Gasteiger partial charge in [-0.3, -0.25) is 14.4 Å². The summed E-state index contributed by atoms with van der Waals surface area (Å²) in [6.45, 7) is 5.80. The van der Waals surface area contributed by atoms with E-state index in [1.165, 1.54) is 4.90 Å².